The van der Waals surface area contributed by atoms with Crippen molar-refractivity contribution in [1.29, 1.82) is 0 Å². The zero-order chi connectivity index (χ0) is 10.6. The summed E-state index contributed by atoms with van der Waals surface area (Å²) >= 11 is 1.75. The van der Waals surface area contributed by atoms with Crippen molar-refractivity contribution in [3.05, 3.63) is 15.6 Å². The lowest BCUT2D eigenvalue weighted by Crippen LogP contribution is -2.29. The van der Waals surface area contributed by atoms with E-state index in [9.17, 15) is 0 Å². The summed E-state index contributed by atoms with van der Waals surface area (Å²) in [5.41, 5.74) is 1.16. The van der Waals surface area contributed by atoms with Crippen LogP contribution in [0.1, 0.15) is 22.5 Å². The van der Waals surface area contributed by atoms with Crippen LogP contribution in [0.5, 0.6) is 0 Å². The van der Waals surface area contributed by atoms with Crippen LogP contribution in [-0.4, -0.2) is 24.7 Å². The minimum Gasteiger partial charge on any atom is -0.383 e. The van der Waals surface area contributed by atoms with Crippen molar-refractivity contribution in [2.45, 2.75) is 33.4 Å². The van der Waals surface area contributed by atoms with Crippen LogP contribution < -0.4 is 5.32 Å². The quantitative estimate of drug-likeness (QED) is 0.812. The maximum Gasteiger partial charge on any atom is 0.0900 e. The highest BCUT2D eigenvalue weighted by Gasteiger charge is 2.06. The second-order valence-corrected chi connectivity index (χ2v) is 4.88. The Hall–Kier alpha value is -0.450. The molecule has 1 rings (SSSR count). The lowest BCUT2D eigenvalue weighted by molar-refractivity contribution is 0.171. The number of methoxy groups -OCH3 is 1. The van der Waals surface area contributed by atoms with Gasteiger partial charge in [-0.25, -0.2) is 4.98 Å². The van der Waals surface area contributed by atoms with Crippen LogP contribution in [0.15, 0.2) is 0 Å². The molecule has 0 spiro atoms. The first kappa shape index (κ1) is 11.6. The number of nitrogens with zero attached hydrogens (tertiary/aromatic N) is 1. The van der Waals surface area contributed by atoms with Crippen LogP contribution in [0, 0.1) is 13.8 Å². The molecule has 0 saturated carbocycles. The van der Waals surface area contributed by atoms with Gasteiger partial charge in [-0.05, 0) is 20.8 Å². The fourth-order valence-electron chi connectivity index (χ4n) is 1.32. The van der Waals surface area contributed by atoms with Crippen LogP contribution in [-0.2, 0) is 11.3 Å². The van der Waals surface area contributed by atoms with Gasteiger partial charge in [0.15, 0.2) is 0 Å². The van der Waals surface area contributed by atoms with Gasteiger partial charge in [0.25, 0.3) is 0 Å². The van der Waals surface area contributed by atoms with Crippen LogP contribution in [0.3, 0.4) is 0 Å². The molecule has 3 nitrogen and oxygen atoms in total. The Labute approximate surface area is 89.5 Å². The zero-order valence-electron chi connectivity index (χ0n) is 9.26. The molecule has 1 N–H and O–H groups in total. The van der Waals surface area contributed by atoms with Gasteiger partial charge in [0.05, 0.1) is 17.3 Å². The van der Waals surface area contributed by atoms with Crippen molar-refractivity contribution in [2.75, 3.05) is 13.7 Å². The van der Waals surface area contributed by atoms with Crippen LogP contribution >= 0.6 is 11.3 Å². The molecule has 1 aromatic heterocycles. The predicted octanol–water partition coefficient (Wildman–Crippen LogP) is 1.88. The molecule has 1 heterocycles. The van der Waals surface area contributed by atoms with Crippen molar-refractivity contribution < 1.29 is 4.74 Å². The van der Waals surface area contributed by atoms with Crippen molar-refractivity contribution in [2.24, 2.45) is 0 Å². The van der Waals surface area contributed by atoms with E-state index in [0.29, 0.717) is 6.04 Å². The Balaban J connectivity index is 2.41. The van der Waals surface area contributed by atoms with E-state index in [1.807, 2.05) is 6.92 Å². The standard InChI is InChI=1S/C10H18N2OS/c1-7(6-13-4)11-5-10-8(2)14-9(3)12-10/h7,11H,5-6H2,1-4H3. The average Bonchev–Trinajstić information content (AvgIpc) is 2.42. The lowest BCUT2D eigenvalue weighted by Gasteiger charge is -2.11. The monoisotopic (exact) mass is 214 g/mol. The molecule has 0 radical (unpaired) electrons. The maximum atomic E-state index is 5.05. The third-order valence-electron chi connectivity index (χ3n) is 2.03. The lowest BCUT2D eigenvalue weighted by atomic mass is 10.3. The molecule has 0 saturated heterocycles. The summed E-state index contributed by atoms with van der Waals surface area (Å²) in [4.78, 5) is 5.76. The van der Waals surface area contributed by atoms with E-state index in [-0.39, 0.29) is 0 Å². The molecule has 1 aromatic rings. The molecule has 0 aliphatic carbocycles. The second-order valence-electron chi connectivity index (χ2n) is 3.47. The molecule has 0 amide bonds. The number of aromatic nitrogens is 1. The van der Waals surface area contributed by atoms with Gasteiger partial charge in [-0.3, -0.25) is 0 Å². The molecular formula is C10H18N2OS. The van der Waals surface area contributed by atoms with Gasteiger partial charge in [-0.2, -0.15) is 0 Å². The highest BCUT2D eigenvalue weighted by molar-refractivity contribution is 7.11. The Morgan fingerprint density at radius 1 is 1.50 bits per heavy atom. The number of nitrogens with one attached hydrogen (secondary N) is 1. The van der Waals surface area contributed by atoms with Gasteiger partial charge in [0.2, 0.25) is 0 Å². The van der Waals surface area contributed by atoms with Crippen LogP contribution in [0.25, 0.3) is 0 Å². The van der Waals surface area contributed by atoms with Gasteiger partial charge < -0.3 is 10.1 Å². The minimum atomic E-state index is 0.376. The smallest absolute Gasteiger partial charge is 0.0900 e. The number of hydrogen-bond acceptors (Lipinski definition) is 4. The van der Waals surface area contributed by atoms with Crippen molar-refractivity contribution in [3.63, 3.8) is 0 Å². The Morgan fingerprint density at radius 2 is 2.21 bits per heavy atom. The summed E-state index contributed by atoms with van der Waals surface area (Å²) in [7, 11) is 1.72. The first-order valence-corrected chi connectivity index (χ1v) is 5.60. The van der Waals surface area contributed by atoms with Crippen molar-refractivity contribution >= 4 is 11.3 Å². The van der Waals surface area contributed by atoms with E-state index in [1.165, 1.54) is 4.88 Å². The molecule has 1 atom stereocenters. The number of hydrogen-bond donors (Lipinski definition) is 1. The highest BCUT2D eigenvalue weighted by atomic mass is 32.1. The first-order valence-electron chi connectivity index (χ1n) is 4.78. The SMILES string of the molecule is COCC(C)NCc1nc(C)sc1C. The molecular weight excluding hydrogens is 196 g/mol. The minimum absolute atomic E-state index is 0.376. The summed E-state index contributed by atoms with van der Waals surface area (Å²) in [5, 5.41) is 4.51. The van der Waals surface area contributed by atoms with Gasteiger partial charge in [0.1, 0.15) is 0 Å². The van der Waals surface area contributed by atoms with Crippen LogP contribution in [0.2, 0.25) is 0 Å². The number of aryl methyl sites for hydroxylation is 2. The summed E-state index contributed by atoms with van der Waals surface area (Å²) in [5.74, 6) is 0. The van der Waals surface area contributed by atoms with E-state index in [0.717, 1.165) is 23.9 Å². The van der Waals surface area contributed by atoms with E-state index in [2.05, 4.69) is 24.1 Å². The molecule has 0 aliphatic rings. The zero-order valence-corrected chi connectivity index (χ0v) is 10.1. The number of ether oxygens (including phenoxy) is 1. The van der Waals surface area contributed by atoms with E-state index >= 15 is 0 Å². The van der Waals surface area contributed by atoms with Gasteiger partial charge in [-0.15, -0.1) is 11.3 Å². The molecule has 4 heteroatoms. The predicted molar refractivity (Wildman–Crippen MR) is 59.8 cm³/mol. The third-order valence-corrected chi connectivity index (χ3v) is 2.96. The van der Waals surface area contributed by atoms with Crippen molar-refractivity contribution in [3.8, 4) is 0 Å². The number of thiazole rings is 1. The average molecular weight is 214 g/mol. The van der Waals surface area contributed by atoms with E-state index in [4.69, 9.17) is 4.74 Å². The molecule has 0 fully saturated rings. The van der Waals surface area contributed by atoms with Gasteiger partial charge in [0, 0.05) is 24.6 Å². The summed E-state index contributed by atoms with van der Waals surface area (Å²) in [6.45, 7) is 7.84. The summed E-state index contributed by atoms with van der Waals surface area (Å²) in [6, 6.07) is 0.376. The van der Waals surface area contributed by atoms with E-state index in [1.54, 1.807) is 18.4 Å². The van der Waals surface area contributed by atoms with Crippen molar-refractivity contribution in [1.82, 2.24) is 10.3 Å². The third kappa shape index (κ3) is 3.36. The summed E-state index contributed by atoms with van der Waals surface area (Å²) < 4.78 is 5.05. The largest absolute Gasteiger partial charge is 0.383 e. The second kappa shape index (κ2) is 5.44. The first-order chi connectivity index (χ1) is 6.63. The van der Waals surface area contributed by atoms with E-state index < -0.39 is 0 Å². The fraction of sp³-hybridized carbons (Fsp3) is 0.700. The fourth-order valence-corrected chi connectivity index (χ4v) is 2.15. The maximum absolute atomic E-state index is 5.05. The Morgan fingerprint density at radius 3 is 2.71 bits per heavy atom. The normalized spacial score (nSPS) is 13.1. The topological polar surface area (TPSA) is 34.1 Å². The molecule has 80 valence electrons. The molecule has 0 aromatic carbocycles. The molecule has 0 bridgehead atoms. The Bertz CT molecular complexity index is 286. The number of rotatable bonds is 5. The van der Waals surface area contributed by atoms with Gasteiger partial charge >= 0.3 is 0 Å². The molecule has 0 aliphatic heterocycles. The van der Waals surface area contributed by atoms with Gasteiger partial charge in [-0.1, -0.05) is 0 Å². The molecule has 14 heavy (non-hydrogen) atoms. The molecule has 1 unspecified atom stereocenters. The highest BCUT2D eigenvalue weighted by Crippen LogP contribution is 2.15. The Kier molecular flexibility index (Phi) is 4.51. The van der Waals surface area contributed by atoms with Crippen LogP contribution in [0.4, 0.5) is 0 Å². The summed E-state index contributed by atoms with van der Waals surface area (Å²) in [6.07, 6.45) is 0.